The molecule has 0 radical (unpaired) electrons. The Hall–Kier alpha value is -0.120. The van der Waals surface area contributed by atoms with Crippen molar-refractivity contribution in [3.8, 4) is 0 Å². The normalized spacial score (nSPS) is 24.9. The van der Waals surface area contributed by atoms with Gasteiger partial charge in [-0.05, 0) is 52.1 Å². The van der Waals surface area contributed by atoms with Crippen LogP contribution in [-0.4, -0.2) is 48.3 Å². The summed E-state index contributed by atoms with van der Waals surface area (Å²) in [6.07, 6.45) is 1.16. The molecule has 1 heterocycles. The first-order valence-corrected chi connectivity index (χ1v) is 6.49. The van der Waals surface area contributed by atoms with Crippen molar-refractivity contribution in [2.75, 3.05) is 32.8 Å². The molecule has 1 aliphatic rings. The Morgan fingerprint density at radius 3 is 2.62 bits per heavy atom. The molecule has 3 heteroatoms. The van der Waals surface area contributed by atoms with E-state index in [1.165, 1.54) is 0 Å². The zero-order valence-corrected chi connectivity index (χ0v) is 11.3. The van der Waals surface area contributed by atoms with Gasteiger partial charge in [-0.25, -0.2) is 0 Å². The number of nitrogens with one attached hydrogen (secondary N) is 1. The molecular weight excluding hydrogens is 200 g/mol. The lowest BCUT2D eigenvalue weighted by Crippen LogP contribution is -2.41. The second-order valence-corrected chi connectivity index (χ2v) is 6.33. The van der Waals surface area contributed by atoms with Crippen LogP contribution in [0.5, 0.6) is 0 Å². The molecular formula is C13H28N2O. The fraction of sp³-hybridized carbons (Fsp3) is 1.00. The summed E-state index contributed by atoms with van der Waals surface area (Å²) in [5, 5.41) is 12.6. The predicted molar refractivity (Wildman–Crippen MR) is 68.6 cm³/mol. The van der Waals surface area contributed by atoms with E-state index in [1.807, 2.05) is 0 Å². The van der Waals surface area contributed by atoms with Crippen molar-refractivity contribution < 1.29 is 5.11 Å². The van der Waals surface area contributed by atoms with Gasteiger partial charge in [-0.3, -0.25) is 0 Å². The van der Waals surface area contributed by atoms with E-state index in [1.54, 1.807) is 0 Å². The molecule has 2 atom stereocenters. The number of hydrogen-bond acceptors (Lipinski definition) is 3. The third-order valence-electron chi connectivity index (χ3n) is 3.18. The minimum Gasteiger partial charge on any atom is -0.396 e. The Kier molecular flexibility index (Phi) is 5.22. The van der Waals surface area contributed by atoms with E-state index in [-0.39, 0.29) is 5.54 Å². The summed E-state index contributed by atoms with van der Waals surface area (Å²) in [7, 11) is 0. The number of nitrogens with zero attached hydrogens (tertiary/aromatic N) is 1. The van der Waals surface area contributed by atoms with Crippen LogP contribution in [0.25, 0.3) is 0 Å². The molecule has 2 unspecified atom stereocenters. The Bertz CT molecular complexity index is 201. The van der Waals surface area contributed by atoms with Gasteiger partial charge in [0, 0.05) is 25.2 Å². The monoisotopic (exact) mass is 228 g/mol. The maximum absolute atomic E-state index is 9.09. The van der Waals surface area contributed by atoms with Gasteiger partial charge in [0.1, 0.15) is 0 Å². The molecule has 0 amide bonds. The molecule has 0 aromatic rings. The number of hydrogen-bond donors (Lipinski definition) is 2. The van der Waals surface area contributed by atoms with Crippen molar-refractivity contribution in [2.45, 2.75) is 39.7 Å². The van der Waals surface area contributed by atoms with Crippen LogP contribution in [0.4, 0.5) is 0 Å². The minimum absolute atomic E-state index is 0.215. The zero-order valence-electron chi connectivity index (χ0n) is 11.3. The Labute approximate surface area is 100 Å². The van der Waals surface area contributed by atoms with Gasteiger partial charge in [0.2, 0.25) is 0 Å². The van der Waals surface area contributed by atoms with Crippen LogP contribution in [0.2, 0.25) is 0 Å². The molecule has 0 aromatic carbocycles. The fourth-order valence-corrected chi connectivity index (χ4v) is 2.21. The van der Waals surface area contributed by atoms with E-state index in [9.17, 15) is 0 Å². The van der Waals surface area contributed by atoms with Crippen molar-refractivity contribution in [3.05, 3.63) is 0 Å². The molecule has 0 saturated carbocycles. The lowest BCUT2D eigenvalue weighted by molar-refractivity contribution is 0.212. The van der Waals surface area contributed by atoms with Crippen LogP contribution in [0.3, 0.4) is 0 Å². The van der Waals surface area contributed by atoms with Crippen molar-refractivity contribution >= 4 is 0 Å². The van der Waals surface area contributed by atoms with Gasteiger partial charge >= 0.3 is 0 Å². The highest BCUT2D eigenvalue weighted by molar-refractivity contribution is 4.78. The van der Waals surface area contributed by atoms with Crippen molar-refractivity contribution in [2.24, 2.45) is 11.8 Å². The molecule has 0 aromatic heterocycles. The Morgan fingerprint density at radius 2 is 2.12 bits per heavy atom. The van der Waals surface area contributed by atoms with E-state index in [0.717, 1.165) is 32.6 Å². The first-order valence-electron chi connectivity index (χ1n) is 6.49. The second-order valence-electron chi connectivity index (χ2n) is 6.33. The third kappa shape index (κ3) is 5.28. The highest BCUT2D eigenvalue weighted by Gasteiger charge is 2.23. The van der Waals surface area contributed by atoms with Gasteiger partial charge in [0.15, 0.2) is 0 Å². The van der Waals surface area contributed by atoms with Crippen LogP contribution in [0.1, 0.15) is 34.1 Å². The first kappa shape index (κ1) is 13.9. The van der Waals surface area contributed by atoms with Crippen molar-refractivity contribution in [3.63, 3.8) is 0 Å². The SMILES string of the molecule is CC(CNC(C)(C)C)CN1CCC(CO)C1. The summed E-state index contributed by atoms with van der Waals surface area (Å²) in [6, 6.07) is 0. The first-order chi connectivity index (χ1) is 7.40. The molecule has 1 fully saturated rings. The summed E-state index contributed by atoms with van der Waals surface area (Å²) in [5.41, 5.74) is 0.215. The number of aliphatic hydroxyl groups is 1. The van der Waals surface area contributed by atoms with Crippen molar-refractivity contribution in [1.29, 1.82) is 0 Å². The summed E-state index contributed by atoms with van der Waals surface area (Å²) in [5.74, 6) is 1.19. The van der Waals surface area contributed by atoms with Crippen LogP contribution in [0.15, 0.2) is 0 Å². The largest absolute Gasteiger partial charge is 0.396 e. The molecule has 0 spiro atoms. The Morgan fingerprint density at radius 1 is 1.44 bits per heavy atom. The molecule has 3 nitrogen and oxygen atoms in total. The van der Waals surface area contributed by atoms with E-state index < -0.39 is 0 Å². The van der Waals surface area contributed by atoms with Crippen LogP contribution < -0.4 is 5.32 Å². The average Bonchev–Trinajstić information content (AvgIpc) is 2.61. The van der Waals surface area contributed by atoms with E-state index in [0.29, 0.717) is 18.4 Å². The lowest BCUT2D eigenvalue weighted by atomic mass is 10.1. The highest BCUT2D eigenvalue weighted by atomic mass is 16.3. The smallest absolute Gasteiger partial charge is 0.0471 e. The summed E-state index contributed by atoms with van der Waals surface area (Å²) < 4.78 is 0. The average molecular weight is 228 g/mol. The van der Waals surface area contributed by atoms with Gasteiger partial charge < -0.3 is 15.3 Å². The summed E-state index contributed by atoms with van der Waals surface area (Å²) in [6.45, 7) is 13.7. The number of aliphatic hydroxyl groups excluding tert-OH is 1. The lowest BCUT2D eigenvalue weighted by Gasteiger charge is -2.26. The van der Waals surface area contributed by atoms with Gasteiger partial charge in [0.05, 0.1) is 0 Å². The van der Waals surface area contributed by atoms with Gasteiger partial charge in [-0.2, -0.15) is 0 Å². The minimum atomic E-state index is 0.215. The quantitative estimate of drug-likeness (QED) is 0.745. The van der Waals surface area contributed by atoms with Crippen LogP contribution in [-0.2, 0) is 0 Å². The molecule has 2 N–H and O–H groups in total. The van der Waals surface area contributed by atoms with Gasteiger partial charge in [-0.1, -0.05) is 6.92 Å². The molecule has 0 bridgehead atoms. The van der Waals surface area contributed by atoms with Gasteiger partial charge in [0.25, 0.3) is 0 Å². The molecule has 1 saturated heterocycles. The van der Waals surface area contributed by atoms with Crippen molar-refractivity contribution in [1.82, 2.24) is 10.2 Å². The molecule has 1 aliphatic heterocycles. The van der Waals surface area contributed by atoms with Gasteiger partial charge in [-0.15, -0.1) is 0 Å². The predicted octanol–water partition coefficient (Wildman–Crippen LogP) is 1.32. The molecule has 96 valence electrons. The van der Waals surface area contributed by atoms with Crippen LogP contribution in [0, 0.1) is 11.8 Å². The van der Waals surface area contributed by atoms with E-state index in [4.69, 9.17) is 5.11 Å². The van der Waals surface area contributed by atoms with E-state index >= 15 is 0 Å². The standard InChI is InChI=1S/C13H28N2O/c1-11(7-14-13(2,3)4)8-15-6-5-12(9-15)10-16/h11-12,14,16H,5-10H2,1-4H3. The Balaban J connectivity index is 2.17. The zero-order chi connectivity index (χ0) is 12.2. The summed E-state index contributed by atoms with van der Waals surface area (Å²) in [4.78, 5) is 2.48. The number of likely N-dealkylation sites (tertiary alicyclic amines) is 1. The second kappa shape index (κ2) is 5.99. The highest BCUT2D eigenvalue weighted by Crippen LogP contribution is 2.16. The molecule has 1 rings (SSSR count). The maximum Gasteiger partial charge on any atom is 0.0471 e. The third-order valence-corrected chi connectivity index (χ3v) is 3.18. The maximum atomic E-state index is 9.09. The molecule has 0 aliphatic carbocycles. The van der Waals surface area contributed by atoms with Crippen LogP contribution >= 0.6 is 0 Å². The molecule has 16 heavy (non-hydrogen) atoms. The summed E-state index contributed by atoms with van der Waals surface area (Å²) >= 11 is 0. The number of rotatable bonds is 5. The fourth-order valence-electron chi connectivity index (χ4n) is 2.21. The topological polar surface area (TPSA) is 35.5 Å². The van der Waals surface area contributed by atoms with E-state index in [2.05, 4.69) is 37.9 Å².